The number of morpholine rings is 1. The van der Waals surface area contributed by atoms with Crippen molar-refractivity contribution >= 4 is 5.91 Å². The number of nitrogens with two attached hydrogens (primary N) is 1. The predicted octanol–water partition coefficient (Wildman–Crippen LogP) is 1.42. The Morgan fingerprint density at radius 3 is 2.95 bits per heavy atom. The first-order chi connectivity index (χ1) is 9.47. The molecule has 0 saturated carbocycles. The van der Waals surface area contributed by atoms with Crippen molar-refractivity contribution in [2.45, 2.75) is 39.3 Å². The summed E-state index contributed by atoms with van der Waals surface area (Å²) in [6.45, 7) is 7.85. The monoisotopic (exact) mass is 276 g/mol. The third kappa shape index (κ3) is 3.58. The van der Waals surface area contributed by atoms with Gasteiger partial charge < -0.3 is 15.4 Å². The summed E-state index contributed by atoms with van der Waals surface area (Å²) in [5, 5.41) is 0. The number of aryl methyl sites for hydroxylation is 2. The van der Waals surface area contributed by atoms with Crippen molar-refractivity contribution in [3.63, 3.8) is 0 Å². The van der Waals surface area contributed by atoms with Gasteiger partial charge in [-0.3, -0.25) is 4.79 Å². The molecule has 2 rings (SSSR count). The molecule has 1 aliphatic heterocycles. The quantitative estimate of drug-likeness (QED) is 0.908. The maximum Gasteiger partial charge on any atom is 0.227 e. The van der Waals surface area contributed by atoms with Crippen LogP contribution in [0.5, 0.6) is 0 Å². The van der Waals surface area contributed by atoms with Crippen molar-refractivity contribution in [3.05, 3.63) is 34.9 Å². The summed E-state index contributed by atoms with van der Waals surface area (Å²) < 4.78 is 5.59. The zero-order valence-electron chi connectivity index (χ0n) is 12.6. The second-order valence-corrected chi connectivity index (χ2v) is 5.71. The van der Waals surface area contributed by atoms with Gasteiger partial charge in [0.1, 0.15) is 0 Å². The lowest BCUT2D eigenvalue weighted by Crippen LogP contribution is -2.51. The predicted molar refractivity (Wildman–Crippen MR) is 79.6 cm³/mol. The van der Waals surface area contributed by atoms with Crippen molar-refractivity contribution in [2.75, 3.05) is 19.7 Å². The topological polar surface area (TPSA) is 55.6 Å². The van der Waals surface area contributed by atoms with Gasteiger partial charge in [-0.25, -0.2) is 0 Å². The summed E-state index contributed by atoms with van der Waals surface area (Å²) in [5.41, 5.74) is 9.33. The molecule has 20 heavy (non-hydrogen) atoms. The van der Waals surface area contributed by atoms with E-state index in [2.05, 4.69) is 18.2 Å². The molecule has 4 heteroatoms. The highest BCUT2D eigenvalue weighted by molar-refractivity contribution is 5.79. The van der Waals surface area contributed by atoms with Gasteiger partial charge >= 0.3 is 0 Å². The van der Waals surface area contributed by atoms with Gasteiger partial charge in [-0.15, -0.1) is 0 Å². The summed E-state index contributed by atoms with van der Waals surface area (Å²) in [6, 6.07) is 6.19. The lowest BCUT2D eigenvalue weighted by Gasteiger charge is -2.35. The fraction of sp³-hybridized carbons (Fsp3) is 0.562. The molecule has 2 atom stereocenters. The van der Waals surface area contributed by atoms with Crippen LogP contribution in [0.2, 0.25) is 0 Å². The number of benzene rings is 1. The number of rotatable bonds is 3. The van der Waals surface area contributed by atoms with E-state index in [9.17, 15) is 4.79 Å². The first-order valence-electron chi connectivity index (χ1n) is 7.18. The van der Waals surface area contributed by atoms with Crippen LogP contribution in [-0.4, -0.2) is 42.6 Å². The molecule has 0 aliphatic carbocycles. The van der Waals surface area contributed by atoms with Gasteiger partial charge in [0, 0.05) is 19.1 Å². The number of nitrogens with zero attached hydrogens (tertiary/aromatic N) is 1. The van der Waals surface area contributed by atoms with Gasteiger partial charge in [0.05, 0.1) is 19.1 Å². The minimum atomic E-state index is -0.0497. The molecule has 0 bridgehead atoms. The second-order valence-electron chi connectivity index (χ2n) is 5.71. The number of hydrogen-bond donors (Lipinski definition) is 1. The largest absolute Gasteiger partial charge is 0.373 e. The first kappa shape index (κ1) is 15.0. The second kappa shape index (κ2) is 6.37. The van der Waals surface area contributed by atoms with Gasteiger partial charge in [-0.1, -0.05) is 23.8 Å². The number of ether oxygens (including phenoxy) is 1. The zero-order chi connectivity index (χ0) is 14.7. The molecule has 2 N–H and O–H groups in total. The number of hydrogen-bond acceptors (Lipinski definition) is 3. The Kier molecular flexibility index (Phi) is 4.78. The molecule has 1 saturated heterocycles. The molecule has 0 aromatic heterocycles. The maximum atomic E-state index is 12.4. The third-order valence-corrected chi connectivity index (χ3v) is 3.88. The van der Waals surface area contributed by atoms with Crippen LogP contribution >= 0.6 is 0 Å². The molecule has 0 radical (unpaired) electrons. The average Bonchev–Trinajstić information content (AvgIpc) is 2.43. The molecule has 1 aromatic carbocycles. The Hall–Kier alpha value is -1.39. The van der Waals surface area contributed by atoms with Gasteiger partial charge in [0.25, 0.3) is 0 Å². The van der Waals surface area contributed by atoms with E-state index in [4.69, 9.17) is 10.5 Å². The molecule has 1 heterocycles. The Bertz CT molecular complexity index is 485. The smallest absolute Gasteiger partial charge is 0.227 e. The molecule has 1 fully saturated rings. The molecule has 4 nitrogen and oxygen atoms in total. The van der Waals surface area contributed by atoms with Crippen LogP contribution in [0.3, 0.4) is 0 Å². The standard InChI is InChI=1S/C16H24N2O2/c1-11-4-5-12(2)14(8-11)9-16(19)18-6-7-20-15(10-18)13(3)17/h4-5,8,13,15H,6-7,9-10,17H2,1-3H3/t13-,15+/m1/s1. The van der Waals surface area contributed by atoms with Crippen LogP contribution in [0, 0.1) is 13.8 Å². The Labute approximate surface area is 120 Å². The van der Waals surface area contributed by atoms with Crippen molar-refractivity contribution in [2.24, 2.45) is 5.73 Å². The van der Waals surface area contributed by atoms with Gasteiger partial charge in [-0.2, -0.15) is 0 Å². The summed E-state index contributed by atoms with van der Waals surface area (Å²) in [6.07, 6.45) is 0.408. The van der Waals surface area contributed by atoms with E-state index in [1.54, 1.807) is 0 Å². The highest BCUT2D eigenvalue weighted by Crippen LogP contribution is 2.14. The van der Waals surface area contributed by atoms with Crippen LogP contribution in [0.25, 0.3) is 0 Å². The summed E-state index contributed by atoms with van der Waals surface area (Å²) >= 11 is 0. The lowest BCUT2D eigenvalue weighted by atomic mass is 10.0. The van der Waals surface area contributed by atoms with Crippen LogP contribution in [-0.2, 0) is 16.0 Å². The first-order valence-corrected chi connectivity index (χ1v) is 7.18. The molecule has 1 aliphatic rings. The van der Waals surface area contributed by atoms with E-state index in [1.165, 1.54) is 11.1 Å². The molecule has 110 valence electrons. The van der Waals surface area contributed by atoms with Gasteiger partial charge in [0.15, 0.2) is 0 Å². The SMILES string of the molecule is Cc1ccc(C)c(CC(=O)N2CCO[C@H]([C@@H](C)N)C2)c1. The normalized spacial score (nSPS) is 20.8. The number of carbonyl (C=O) groups is 1. The van der Waals surface area contributed by atoms with Crippen molar-refractivity contribution in [1.82, 2.24) is 4.90 Å². The highest BCUT2D eigenvalue weighted by atomic mass is 16.5. The van der Waals surface area contributed by atoms with E-state index in [1.807, 2.05) is 25.7 Å². The van der Waals surface area contributed by atoms with E-state index in [0.717, 1.165) is 5.56 Å². The molecule has 0 unspecified atom stereocenters. The Balaban J connectivity index is 2.02. The highest BCUT2D eigenvalue weighted by Gasteiger charge is 2.26. The molecule has 1 aromatic rings. The van der Waals surface area contributed by atoms with Crippen molar-refractivity contribution < 1.29 is 9.53 Å². The summed E-state index contributed by atoms with van der Waals surface area (Å²) in [5.74, 6) is 0.160. The Morgan fingerprint density at radius 1 is 1.50 bits per heavy atom. The van der Waals surface area contributed by atoms with E-state index >= 15 is 0 Å². The van der Waals surface area contributed by atoms with Crippen molar-refractivity contribution in [1.29, 1.82) is 0 Å². The minimum Gasteiger partial charge on any atom is -0.373 e. The fourth-order valence-corrected chi connectivity index (χ4v) is 2.49. The maximum absolute atomic E-state index is 12.4. The van der Waals surface area contributed by atoms with E-state index in [0.29, 0.717) is 26.1 Å². The molecule has 0 spiro atoms. The molecular weight excluding hydrogens is 252 g/mol. The number of amides is 1. The van der Waals surface area contributed by atoms with E-state index < -0.39 is 0 Å². The summed E-state index contributed by atoms with van der Waals surface area (Å²) in [7, 11) is 0. The zero-order valence-corrected chi connectivity index (χ0v) is 12.6. The van der Waals surface area contributed by atoms with Gasteiger partial charge in [0.2, 0.25) is 5.91 Å². The molecule has 1 amide bonds. The Morgan fingerprint density at radius 2 is 2.25 bits per heavy atom. The van der Waals surface area contributed by atoms with Crippen LogP contribution < -0.4 is 5.73 Å². The van der Waals surface area contributed by atoms with Crippen LogP contribution in [0.4, 0.5) is 0 Å². The molecular formula is C16H24N2O2. The van der Waals surface area contributed by atoms with E-state index in [-0.39, 0.29) is 18.1 Å². The third-order valence-electron chi connectivity index (χ3n) is 3.88. The van der Waals surface area contributed by atoms with Crippen LogP contribution in [0.15, 0.2) is 18.2 Å². The van der Waals surface area contributed by atoms with Crippen molar-refractivity contribution in [3.8, 4) is 0 Å². The van der Waals surface area contributed by atoms with Crippen LogP contribution in [0.1, 0.15) is 23.6 Å². The summed E-state index contributed by atoms with van der Waals surface area (Å²) in [4.78, 5) is 14.3. The average molecular weight is 276 g/mol. The lowest BCUT2D eigenvalue weighted by molar-refractivity contribution is -0.138. The minimum absolute atomic E-state index is 0.0497. The van der Waals surface area contributed by atoms with Gasteiger partial charge in [-0.05, 0) is 31.9 Å². The fourth-order valence-electron chi connectivity index (χ4n) is 2.49. The number of carbonyl (C=O) groups excluding carboxylic acids is 1.